The molecule has 0 aliphatic carbocycles. The van der Waals surface area contributed by atoms with Gasteiger partial charge in [-0.3, -0.25) is 4.79 Å². The quantitative estimate of drug-likeness (QED) is 0.762. The smallest absolute Gasteiger partial charge is 0.153 e. The van der Waals surface area contributed by atoms with Crippen LogP contribution in [0.5, 0.6) is 5.75 Å². The van der Waals surface area contributed by atoms with Crippen LogP contribution in [0.25, 0.3) is 0 Å². The Balaban J connectivity index is 2.12. The molecule has 0 radical (unpaired) electrons. The molecular formula is C16H16O2. The number of aldehydes is 1. The van der Waals surface area contributed by atoms with Crippen LogP contribution in [-0.2, 0) is 6.61 Å². The van der Waals surface area contributed by atoms with Crippen LogP contribution in [0.2, 0.25) is 0 Å². The molecule has 0 saturated carbocycles. The average Bonchev–Trinajstić information content (AvgIpc) is 2.38. The Kier molecular flexibility index (Phi) is 3.78. The van der Waals surface area contributed by atoms with Gasteiger partial charge in [-0.05, 0) is 37.1 Å². The molecule has 0 heterocycles. The van der Waals surface area contributed by atoms with Crippen molar-refractivity contribution in [1.29, 1.82) is 0 Å². The van der Waals surface area contributed by atoms with Crippen molar-refractivity contribution < 1.29 is 9.53 Å². The number of hydrogen-bond acceptors (Lipinski definition) is 2. The van der Waals surface area contributed by atoms with Gasteiger partial charge in [0.2, 0.25) is 0 Å². The van der Waals surface area contributed by atoms with E-state index in [1.165, 1.54) is 5.56 Å². The van der Waals surface area contributed by atoms with E-state index < -0.39 is 0 Å². The first-order chi connectivity index (χ1) is 8.69. The van der Waals surface area contributed by atoms with Gasteiger partial charge in [-0.25, -0.2) is 0 Å². The fourth-order valence-corrected chi connectivity index (χ4v) is 1.71. The summed E-state index contributed by atoms with van der Waals surface area (Å²) < 4.78 is 5.70. The lowest BCUT2D eigenvalue weighted by Gasteiger charge is -2.09. The van der Waals surface area contributed by atoms with Crippen molar-refractivity contribution in [3.8, 4) is 5.75 Å². The molecule has 0 bridgehead atoms. The predicted molar refractivity (Wildman–Crippen MR) is 72.1 cm³/mol. The SMILES string of the molecule is Cc1ccc(COc2cc(C)ccc2C=O)cc1. The minimum absolute atomic E-state index is 0.477. The zero-order chi connectivity index (χ0) is 13.0. The van der Waals surface area contributed by atoms with Crippen molar-refractivity contribution in [2.45, 2.75) is 20.5 Å². The second-order valence-corrected chi connectivity index (χ2v) is 4.43. The molecule has 0 aliphatic heterocycles. The molecule has 0 aromatic heterocycles. The summed E-state index contributed by atoms with van der Waals surface area (Å²) >= 11 is 0. The fourth-order valence-electron chi connectivity index (χ4n) is 1.71. The molecule has 0 N–H and O–H groups in total. The first-order valence-corrected chi connectivity index (χ1v) is 5.93. The summed E-state index contributed by atoms with van der Waals surface area (Å²) in [5.74, 6) is 0.644. The van der Waals surface area contributed by atoms with Gasteiger partial charge in [-0.1, -0.05) is 35.9 Å². The van der Waals surface area contributed by atoms with Gasteiger partial charge in [0.1, 0.15) is 12.4 Å². The van der Waals surface area contributed by atoms with Crippen molar-refractivity contribution in [1.82, 2.24) is 0 Å². The Labute approximate surface area is 107 Å². The highest BCUT2D eigenvalue weighted by atomic mass is 16.5. The molecule has 0 fully saturated rings. The van der Waals surface area contributed by atoms with E-state index in [0.29, 0.717) is 17.9 Å². The lowest BCUT2D eigenvalue weighted by molar-refractivity contribution is 0.111. The summed E-state index contributed by atoms with van der Waals surface area (Å²) in [7, 11) is 0. The van der Waals surface area contributed by atoms with Crippen molar-refractivity contribution in [2.75, 3.05) is 0 Å². The van der Waals surface area contributed by atoms with Crippen LogP contribution in [0, 0.1) is 13.8 Å². The molecular weight excluding hydrogens is 224 g/mol. The second kappa shape index (κ2) is 5.50. The van der Waals surface area contributed by atoms with E-state index >= 15 is 0 Å². The maximum absolute atomic E-state index is 10.9. The van der Waals surface area contributed by atoms with E-state index in [0.717, 1.165) is 17.4 Å². The van der Waals surface area contributed by atoms with Crippen LogP contribution >= 0.6 is 0 Å². The third-order valence-corrected chi connectivity index (χ3v) is 2.81. The number of ether oxygens (including phenoxy) is 1. The zero-order valence-electron chi connectivity index (χ0n) is 10.6. The predicted octanol–water partition coefficient (Wildman–Crippen LogP) is 3.69. The summed E-state index contributed by atoms with van der Waals surface area (Å²) in [5.41, 5.74) is 3.99. The van der Waals surface area contributed by atoms with Gasteiger partial charge in [0.05, 0.1) is 5.56 Å². The standard InChI is InChI=1S/C16H16O2/c1-12-3-6-14(7-4-12)11-18-16-9-13(2)5-8-15(16)10-17/h3-10H,11H2,1-2H3. The van der Waals surface area contributed by atoms with E-state index in [1.807, 2.05) is 31.2 Å². The van der Waals surface area contributed by atoms with Gasteiger partial charge < -0.3 is 4.74 Å². The van der Waals surface area contributed by atoms with Crippen molar-refractivity contribution >= 4 is 6.29 Å². The number of carbonyl (C=O) groups is 1. The maximum atomic E-state index is 10.9. The number of benzene rings is 2. The van der Waals surface area contributed by atoms with Crippen molar-refractivity contribution in [3.05, 3.63) is 64.7 Å². The number of hydrogen-bond donors (Lipinski definition) is 0. The van der Waals surface area contributed by atoms with E-state index in [4.69, 9.17) is 4.74 Å². The molecule has 0 amide bonds. The monoisotopic (exact) mass is 240 g/mol. The molecule has 18 heavy (non-hydrogen) atoms. The Morgan fingerprint density at radius 3 is 2.33 bits per heavy atom. The van der Waals surface area contributed by atoms with Gasteiger partial charge in [-0.15, -0.1) is 0 Å². The Hall–Kier alpha value is -2.09. The first-order valence-electron chi connectivity index (χ1n) is 5.93. The van der Waals surface area contributed by atoms with E-state index in [9.17, 15) is 4.79 Å². The maximum Gasteiger partial charge on any atom is 0.153 e. The summed E-state index contributed by atoms with van der Waals surface area (Å²) in [6.07, 6.45) is 0.823. The van der Waals surface area contributed by atoms with Gasteiger partial charge in [0.15, 0.2) is 6.29 Å². The van der Waals surface area contributed by atoms with Crippen LogP contribution < -0.4 is 4.74 Å². The molecule has 92 valence electrons. The molecule has 0 spiro atoms. The van der Waals surface area contributed by atoms with E-state index in [-0.39, 0.29) is 0 Å². The lowest BCUT2D eigenvalue weighted by atomic mass is 10.1. The fraction of sp³-hybridized carbons (Fsp3) is 0.188. The highest BCUT2D eigenvalue weighted by molar-refractivity contribution is 5.79. The Morgan fingerprint density at radius 1 is 1.00 bits per heavy atom. The molecule has 2 nitrogen and oxygen atoms in total. The average molecular weight is 240 g/mol. The second-order valence-electron chi connectivity index (χ2n) is 4.43. The molecule has 0 unspecified atom stereocenters. The summed E-state index contributed by atoms with van der Waals surface area (Å²) in [4.78, 5) is 10.9. The third-order valence-electron chi connectivity index (χ3n) is 2.81. The van der Waals surface area contributed by atoms with Crippen LogP contribution in [0.4, 0.5) is 0 Å². The number of carbonyl (C=O) groups excluding carboxylic acids is 1. The molecule has 2 rings (SSSR count). The van der Waals surface area contributed by atoms with Crippen LogP contribution in [-0.4, -0.2) is 6.29 Å². The Bertz CT molecular complexity index is 542. The van der Waals surface area contributed by atoms with Crippen LogP contribution in [0.1, 0.15) is 27.0 Å². The number of rotatable bonds is 4. The molecule has 2 aromatic carbocycles. The zero-order valence-corrected chi connectivity index (χ0v) is 10.6. The first kappa shape index (κ1) is 12.4. The Morgan fingerprint density at radius 2 is 1.67 bits per heavy atom. The minimum Gasteiger partial charge on any atom is -0.488 e. The lowest BCUT2D eigenvalue weighted by Crippen LogP contribution is -1.98. The minimum atomic E-state index is 0.477. The van der Waals surface area contributed by atoms with Crippen molar-refractivity contribution in [2.24, 2.45) is 0 Å². The normalized spacial score (nSPS) is 10.1. The molecule has 0 atom stereocenters. The van der Waals surface area contributed by atoms with Crippen LogP contribution in [0.15, 0.2) is 42.5 Å². The largest absolute Gasteiger partial charge is 0.488 e. The van der Waals surface area contributed by atoms with Gasteiger partial charge in [0, 0.05) is 0 Å². The topological polar surface area (TPSA) is 26.3 Å². The molecule has 0 aliphatic rings. The molecule has 2 aromatic rings. The highest BCUT2D eigenvalue weighted by Gasteiger charge is 2.03. The van der Waals surface area contributed by atoms with Crippen molar-refractivity contribution in [3.63, 3.8) is 0 Å². The van der Waals surface area contributed by atoms with E-state index in [1.54, 1.807) is 6.07 Å². The summed E-state index contributed by atoms with van der Waals surface area (Å²) in [5, 5.41) is 0. The molecule has 2 heteroatoms. The number of aryl methyl sites for hydroxylation is 2. The van der Waals surface area contributed by atoms with Gasteiger partial charge >= 0.3 is 0 Å². The third kappa shape index (κ3) is 2.98. The summed E-state index contributed by atoms with van der Waals surface area (Å²) in [6, 6.07) is 13.7. The highest BCUT2D eigenvalue weighted by Crippen LogP contribution is 2.20. The summed E-state index contributed by atoms with van der Waals surface area (Å²) in [6.45, 7) is 4.51. The van der Waals surface area contributed by atoms with Gasteiger partial charge in [-0.2, -0.15) is 0 Å². The van der Waals surface area contributed by atoms with E-state index in [2.05, 4.69) is 19.1 Å². The van der Waals surface area contributed by atoms with Crippen LogP contribution in [0.3, 0.4) is 0 Å². The van der Waals surface area contributed by atoms with Gasteiger partial charge in [0.25, 0.3) is 0 Å². The molecule has 0 saturated heterocycles.